The average molecular weight is 496 g/mol. The summed E-state index contributed by atoms with van der Waals surface area (Å²) in [6.45, 7) is 4.69. The first-order valence-electron chi connectivity index (χ1n) is 11.3. The lowest BCUT2D eigenvalue weighted by Crippen LogP contribution is -2.29. The van der Waals surface area contributed by atoms with Crippen molar-refractivity contribution < 1.29 is 19.4 Å². The van der Waals surface area contributed by atoms with Gasteiger partial charge in [-0.25, -0.2) is 0 Å². The maximum absolute atomic E-state index is 13.2. The van der Waals surface area contributed by atoms with Crippen LogP contribution in [0.3, 0.4) is 0 Å². The fourth-order valence-electron chi connectivity index (χ4n) is 4.04. The lowest BCUT2D eigenvalue weighted by molar-refractivity contribution is -0.132. The van der Waals surface area contributed by atoms with Crippen LogP contribution >= 0.6 is 22.9 Å². The molecule has 176 valence electrons. The Labute approximate surface area is 208 Å². The molecular formula is C27H26ClNO4S. The Hall–Kier alpha value is -3.09. The molecule has 1 amide bonds. The molecule has 2 aromatic carbocycles. The van der Waals surface area contributed by atoms with Crippen molar-refractivity contribution in [2.45, 2.75) is 39.2 Å². The largest absolute Gasteiger partial charge is 0.507 e. The second-order valence-corrected chi connectivity index (χ2v) is 9.58. The number of halogens is 1. The number of carbonyl (C=O) groups excluding carboxylic acids is 2. The van der Waals surface area contributed by atoms with Gasteiger partial charge in [0.25, 0.3) is 11.7 Å². The number of anilines is 1. The van der Waals surface area contributed by atoms with Gasteiger partial charge in [0.15, 0.2) is 0 Å². The third-order valence-corrected chi connectivity index (χ3v) is 7.13. The average Bonchev–Trinajstić information content (AvgIpc) is 3.37. The minimum Gasteiger partial charge on any atom is -0.507 e. The number of hydrogen-bond acceptors (Lipinski definition) is 5. The van der Waals surface area contributed by atoms with Crippen LogP contribution in [0.4, 0.5) is 5.69 Å². The number of rotatable bonds is 8. The van der Waals surface area contributed by atoms with Crippen LogP contribution in [0.15, 0.2) is 65.6 Å². The highest BCUT2D eigenvalue weighted by Gasteiger charge is 2.47. The second kappa shape index (κ2) is 10.5. The van der Waals surface area contributed by atoms with E-state index in [1.807, 2.05) is 18.4 Å². The lowest BCUT2D eigenvalue weighted by Gasteiger charge is -2.25. The van der Waals surface area contributed by atoms with Crippen molar-refractivity contribution in [3.05, 3.63) is 86.6 Å². The number of aliphatic hydroxyl groups excluding tert-OH is 1. The molecule has 0 spiro atoms. The van der Waals surface area contributed by atoms with Gasteiger partial charge in [-0.1, -0.05) is 37.4 Å². The van der Waals surface area contributed by atoms with Gasteiger partial charge in [0, 0.05) is 21.2 Å². The van der Waals surface area contributed by atoms with Crippen molar-refractivity contribution in [2.75, 3.05) is 11.5 Å². The van der Waals surface area contributed by atoms with Crippen LogP contribution in [0.1, 0.15) is 48.2 Å². The first-order valence-corrected chi connectivity index (χ1v) is 12.5. The van der Waals surface area contributed by atoms with E-state index in [4.69, 9.17) is 16.3 Å². The maximum atomic E-state index is 13.2. The summed E-state index contributed by atoms with van der Waals surface area (Å²) in [4.78, 5) is 28.6. The van der Waals surface area contributed by atoms with Crippen molar-refractivity contribution in [3.63, 3.8) is 0 Å². The van der Waals surface area contributed by atoms with Crippen LogP contribution in [0.2, 0.25) is 5.02 Å². The topological polar surface area (TPSA) is 66.8 Å². The Kier molecular flexibility index (Phi) is 7.39. The molecule has 4 rings (SSSR count). The third-order valence-electron chi connectivity index (χ3n) is 5.83. The molecule has 1 unspecified atom stereocenters. The second-order valence-electron chi connectivity index (χ2n) is 8.20. The van der Waals surface area contributed by atoms with Gasteiger partial charge in [0.2, 0.25) is 0 Å². The number of ether oxygens (including phenoxy) is 1. The number of thiophene rings is 1. The van der Waals surface area contributed by atoms with Gasteiger partial charge in [-0.3, -0.25) is 14.5 Å². The van der Waals surface area contributed by atoms with E-state index in [9.17, 15) is 14.7 Å². The first-order chi connectivity index (χ1) is 16.4. The molecule has 1 aliphatic heterocycles. The molecule has 1 aliphatic rings. The quantitative estimate of drug-likeness (QED) is 0.160. The Morgan fingerprint density at radius 3 is 2.53 bits per heavy atom. The molecule has 3 aromatic rings. The van der Waals surface area contributed by atoms with E-state index < -0.39 is 17.7 Å². The third kappa shape index (κ3) is 4.74. The van der Waals surface area contributed by atoms with E-state index in [0.29, 0.717) is 28.6 Å². The zero-order valence-corrected chi connectivity index (χ0v) is 20.7. The summed E-state index contributed by atoms with van der Waals surface area (Å²) in [5.41, 5.74) is 1.95. The molecular weight excluding hydrogens is 470 g/mol. The van der Waals surface area contributed by atoms with Gasteiger partial charge >= 0.3 is 0 Å². The van der Waals surface area contributed by atoms with Crippen LogP contribution in [-0.2, 0) is 9.59 Å². The maximum Gasteiger partial charge on any atom is 0.300 e. The SMILES string of the molecule is CCCCCOc1ccc(/C(O)=C2/C(=O)C(=O)N(c3cccc(Cl)c3)C2c2sccc2C)cc1. The Morgan fingerprint density at radius 1 is 1.12 bits per heavy atom. The van der Waals surface area contributed by atoms with Gasteiger partial charge in [0.05, 0.1) is 12.2 Å². The molecule has 1 N–H and O–H groups in total. The summed E-state index contributed by atoms with van der Waals surface area (Å²) in [7, 11) is 0. The number of ketones is 1. The molecule has 0 radical (unpaired) electrons. The fraction of sp³-hybridized carbons (Fsp3) is 0.259. The number of aliphatic hydroxyl groups is 1. The molecule has 1 atom stereocenters. The summed E-state index contributed by atoms with van der Waals surface area (Å²) >= 11 is 7.62. The van der Waals surface area contributed by atoms with Crippen LogP contribution in [0.5, 0.6) is 5.75 Å². The summed E-state index contributed by atoms with van der Waals surface area (Å²) in [6.07, 6.45) is 3.20. The summed E-state index contributed by atoms with van der Waals surface area (Å²) in [5.74, 6) is -0.941. The minimum atomic E-state index is -0.747. The number of aryl methyl sites for hydroxylation is 1. The Morgan fingerprint density at radius 2 is 1.88 bits per heavy atom. The molecule has 1 aromatic heterocycles. The van der Waals surface area contributed by atoms with Crippen LogP contribution in [0.25, 0.3) is 5.76 Å². The number of benzene rings is 2. The van der Waals surface area contributed by atoms with Gasteiger partial charge in [-0.15, -0.1) is 11.3 Å². The predicted octanol–water partition coefficient (Wildman–Crippen LogP) is 6.91. The van der Waals surface area contributed by atoms with Crippen LogP contribution in [-0.4, -0.2) is 23.4 Å². The number of amides is 1. The molecule has 34 heavy (non-hydrogen) atoms. The summed E-state index contributed by atoms with van der Waals surface area (Å²) < 4.78 is 5.75. The fourth-order valence-corrected chi connectivity index (χ4v) is 5.25. The highest BCUT2D eigenvalue weighted by atomic mass is 35.5. The lowest BCUT2D eigenvalue weighted by atomic mass is 9.98. The van der Waals surface area contributed by atoms with Crippen molar-refractivity contribution >= 4 is 46.1 Å². The molecule has 7 heteroatoms. The molecule has 0 bridgehead atoms. The Bertz CT molecular complexity index is 1230. The Balaban J connectivity index is 1.75. The van der Waals surface area contributed by atoms with E-state index in [1.54, 1.807) is 48.5 Å². The zero-order valence-electron chi connectivity index (χ0n) is 19.1. The van der Waals surface area contributed by atoms with Crippen LogP contribution in [0, 0.1) is 6.92 Å². The van der Waals surface area contributed by atoms with E-state index in [1.165, 1.54) is 16.2 Å². The van der Waals surface area contributed by atoms with Crippen molar-refractivity contribution in [1.29, 1.82) is 0 Å². The van der Waals surface area contributed by atoms with Crippen molar-refractivity contribution in [2.24, 2.45) is 0 Å². The standard InChI is InChI=1S/C27H26ClNO4S/c1-3-4-5-14-33-21-11-9-18(10-12-21)24(30)22-23(26-17(2)13-15-34-26)29(27(32)25(22)31)20-8-6-7-19(28)16-20/h6-13,15-16,23,30H,3-5,14H2,1-2H3/b24-22-. The summed E-state index contributed by atoms with van der Waals surface area (Å²) in [5, 5.41) is 13.6. The number of unbranched alkanes of at least 4 members (excludes halogenated alkanes) is 2. The van der Waals surface area contributed by atoms with Crippen molar-refractivity contribution in [3.8, 4) is 5.75 Å². The van der Waals surface area contributed by atoms with Gasteiger partial charge in [0.1, 0.15) is 17.6 Å². The van der Waals surface area contributed by atoms with Gasteiger partial charge in [-0.2, -0.15) is 0 Å². The summed E-state index contributed by atoms with van der Waals surface area (Å²) in [6, 6.07) is 14.9. The van der Waals surface area contributed by atoms with E-state index >= 15 is 0 Å². The number of nitrogens with zero attached hydrogens (tertiary/aromatic N) is 1. The van der Waals surface area contributed by atoms with E-state index in [2.05, 4.69) is 6.92 Å². The zero-order chi connectivity index (χ0) is 24.2. The molecule has 0 saturated carbocycles. The normalized spacial score (nSPS) is 17.4. The van der Waals surface area contributed by atoms with Crippen LogP contribution < -0.4 is 9.64 Å². The molecule has 1 saturated heterocycles. The highest BCUT2D eigenvalue weighted by molar-refractivity contribution is 7.10. The monoisotopic (exact) mass is 495 g/mol. The minimum absolute atomic E-state index is 0.0622. The van der Waals surface area contributed by atoms with Gasteiger partial charge < -0.3 is 9.84 Å². The van der Waals surface area contributed by atoms with E-state index in [0.717, 1.165) is 29.7 Å². The molecule has 5 nitrogen and oxygen atoms in total. The molecule has 0 aliphatic carbocycles. The molecule has 1 fully saturated rings. The van der Waals surface area contributed by atoms with Gasteiger partial charge in [-0.05, 0) is 72.8 Å². The predicted molar refractivity (Wildman–Crippen MR) is 137 cm³/mol. The smallest absolute Gasteiger partial charge is 0.300 e. The first kappa shape index (κ1) is 24.0. The number of hydrogen-bond donors (Lipinski definition) is 1. The number of Topliss-reactive ketones (excluding diaryl/α,β-unsaturated/α-hetero) is 1. The van der Waals surface area contributed by atoms with Crippen molar-refractivity contribution in [1.82, 2.24) is 0 Å². The number of carbonyl (C=O) groups is 2. The molecule has 2 heterocycles. The van der Waals surface area contributed by atoms with E-state index in [-0.39, 0.29) is 11.3 Å². The highest BCUT2D eigenvalue weighted by Crippen LogP contribution is 2.45.